The zero-order valence-corrected chi connectivity index (χ0v) is 12.5. The Balaban J connectivity index is 1.98. The molecule has 0 radical (unpaired) electrons. The predicted molar refractivity (Wildman–Crippen MR) is 83.2 cm³/mol. The van der Waals surface area contributed by atoms with Crippen LogP contribution < -0.4 is 5.32 Å². The number of aromatic amines is 1. The molecule has 1 unspecified atom stereocenters. The van der Waals surface area contributed by atoms with Crippen molar-refractivity contribution in [1.29, 1.82) is 0 Å². The average Bonchev–Trinajstić information content (AvgIpc) is 3.17. The number of benzene rings is 1. The van der Waals surface area contributed by atoms with Crippen LogP contribution in [0.25, 0.3) is 5.69 Å². The fraction of sp³-hybridized carbons (Fsp3) is 0.143. The lowest BCUT2D eigenvalue weighted by molar-refractivity contribution is 0.611. The van der Waals surface area contributed by atoms with Crippen LogP contribution in [-0.4, -0.2) is 30.0 Å². The van der Waals surface area contributed by atoms with Gasteiger partial charge in [-0.2, -0.15) is 15.4 Å². The highest BCUT2D eigenvalue weighted by atomic mass is 32.1. The first-order valence-electron chi connectivity index (χ1n) is 6.55. The van der Waals surface area contributed by atoms with Crippen LogP contribution in [0, 0.1) is 5.82 Å². The van der Waals surface area contributed by atoms with Crippen molar-refractivity contribution in [2.75, 3.05) is 0 Å². The van der Waals surface area contributed by atoms with E-state index in [2.05, 4.69) is 25.7 Å². The first kappa shape index (κ1) is 14.3. The molecule has 0 saturated heterocycles. The van der Waals surface area contributed by atoms with Crippen molar-refractivity contribution >= 4 is 17.2 Å². The van der Waals surface area contributed by atoms with E-state index in [9.17, 15) is 4.39 Å². The van der Waals surface area contributed by atoms with Gasteiger partial charge in [0.2, 0.25) is 0 Å². The molecule has 1 atom stereocenters. The van der Waals surface area contributed by atoms with Crippen LogP contribution in [0.2, 0.25) is 0 Å². The Hall–Kier alpha value is -2.61. The molecule has 3 rings (SSSR count). The lowest BCUT2D eigenvalue weighted by Gasteiger charge is -2.18. The van der Waals surface area contributed by atoms with E-state index >= 15 is 0 Å². The molecule has 1 aromatic carbocycles. The number of halogens is 1. The van der Waals surface area contributed by atoms with Gasteiger partial charge in [0.25, 0.3) is 0 Å². The Morgan fingerprint density at radius 2 is 2.32 bits per heavy atom. The van der Waals surface area contributed by atoms with Crippen molar-refractivity contribution in [3.63, 3.8) is 0 Å². The van der Waals surface area contributed by atoms with E-state index in [1.54, 1.807) is 42.5 Å². The van der Waals surface area contributed by atoms with Crippen LogP contribution in [-0.2, 0) is 0 Å². The fourth-order valence-electron chi connectivity index (χ4n) is 2.19. The molecule has 2 aromatic heterocycles. The van der Waals surface area contributed by atoms with Crippen LogP contribution in [0.4, 0.5) is 4.39 Å². The number of nitrogens with one attached hydrogen (secondary N) is 2. The molecule has 112 valence electrons. The molecule has 2 N–H and O–H groups in total. The van der Waals surface area contributed by atoms with Crippen molar-refractivity contribution in [3.8, 4) is 5.69 Å². The molecule has 0 fully saturated rings. The average molecular weight is 316 g/mol. The molecular formula is C14H13FN6S. The number of thiocarbonyl (C=S) groups is 1. The zero-order chi connectivity index (χ0) is 15.5. The van der Waals surface area contributed by atoms with Gasteiger partial charge in [0.1, 0.15) is 11.5 Å². The summed E-state index contributed by atoms with van der Waals surface area (Å²) < 4.78 is 16.0. The molecule has 0 spiro atoms. The Morgan fingerprint density at radius 3 is 2.91 bits per heavy atom. The van der Waals surface area contributed by atoms with Crippen molar-refractivity contribution in [2.24, 2.45) is 0 Å². The summed E-state index contributed by atoms with van der Waals surface area (Å²) in [5.41, 5.74) is 1.78. The molecule has 2 heterocycles. The fourth-order valence-corrected chi connectivity index (χ4v) is 2.31. The van der Waals surface area contributed by atoms with Gasteiger partial charge in [-0.15, -0.1) is 0 Å². The minimum Gasteiger partial charge on any atom is -0.367 e. The Morgan fingerprint density at radius 1 is 1.45 bits per heavy atom. The number of rotatable bonds is 4. The number of imidazole rings is 1. The minimum atomic E-state index is -0.359. The van der Waals surface area contributed by atoms with E-state index < -0.39 is 0 Å². The third-order valence-corrected chi connectivity index (χ3v) is 3.28. The second kappa shape index (κ2) is 6.02. The van der Waals surface area contributed by atoms with Crippen LogP contribution in [0.15, 0.2) is 43.1 Å². The quantitative estimate of drug-likeness (QED) is 0.722. The van der Waals surface area contributed by atoms with Crippen molar-refractivity contribution in [3.05, 3.63) is 60.2 Å². The maximum atomic E-state index is 14.4. The third kappa shape index (κ3) is 2.86. The third-order valence-electron chi connectivity index (χ3n) is 3.16. The Bertz CT molecular complexity index is 769. The number of nitrogens with zero attached hydrogens (tertiary/aromatic N) is 4. The summed E-state index contributed by atoms with van der Waals surface area (Å²) >= 11 is 5.09. The van der Waals surface area contributed by atoms with Gasteiger partial charge >= 0.3 is 0 Å². The number of H-pyrrole nitrogens is 1. The normalized spacial score (nSPS) is 12.1. The second-order valence-electron chi connectivity index (χ2n) is 4.71. The number of hydrogen-bond acceptors (Lipinski definition) is 4. The molecule has 3 aromatic rings. The molecule has 6 nitrogen and oxygen atoms in total. The summed E-state index contributed by atoms with van der Waals surface area (Å²) in [7, 11) is 0. The van der Waals surface area contributed by atoms with E-state index in [-0.39, 0.29) is 11.9 Å². The standard InChI is InChI=1S/C14H13FN6S/c1-9(22)18-14(12-7-17-20-19-12)10-2-3-13(11(15)6-10)21-5-4-16-8-21/h2-8,14H,1H3,(H,18,22)(H,17,19,20). The van der Waals surface area contributed by atoms with Crippen LogP contribution in [0.1, 0.15) is 24.2 Å². The first-order valence-corrected chi connectivity index (χ1v) is 6.96. The van der Waals surface area contributed by atoms with Gasteiger partial charge in [0, 0.05) is 12.4 Å². The van der Waals surface area contributed by atoms with Crippen molar-refractivity contribution < 1.29 is 4.39 Å². The van der Waals surface area contributed by atoms with Crippen molar-refractivity contribution in [1.82, 2.24) is 30.3 Å². The summed E-state index contributed by atoms with van der Waals surface area (Å²) in [6, 6.07) is 4.62. The van der Waals surface area contributed by atoms with Gasteiger partial charge < -0.3 is 9.88 Å². The van der Waals surface area contributed by atoms with E-state index in [1.807, 2.05) is 6.07 Å². The van der Waals surface area contributed by atoms with Gasteiger partial charge in [0.05, 0.1) is 29.2 Å². The van der Waals surface area contributed by atoms with Crippen LogP contribution in [0.5, 0.6) is 0 Å². The van der Waals surface area contributed by atoms with Gasteiger partial charge in [-0.05, 0) is 24.6 Å². The summed E-state index contributed by atoms with van der Waals surface area (Å²) in [6.45, 7) is 1.76. The van der Waals surface area contributed by atoms with Crippen LogP contribution in [0.3, 0.4) is 0 Å². The van der Waals surface area contributed by atoms with Crippen LogP contribution >= 0.6 is 12.2 Å². The summed E-state index contributed by atoms with van der Waals surface area (Å²) in [5, 5.41) is 13.5. The predicted octanol–water partition coefficient (Wildman–Crippen LogP) is 2.16. The molecular weight excluding hydrogens is 303 g/mol. The molecule has 0 amide bonds. The lowest BCUT2D eigenvalue weighted by Crippen LogP contribution is -2.26. The summed E-state index contributed by atoms with van der Waals surface area (Å²) in [4.78, 5) is 4.51. The van der Waals surface area contributed by atoms with E-state index in [0.29, 0.717) is 21.9 Å². The number of hydrogen-bond donors (Lipinski definition) is 2. The highest BCUT2D eigenvalue weighted by molar-refractivity contribution is 7.80. The maximum absolute atomic E-state index is 14.4. The highest BCUT2D eigenvalue weighted by Gasteiger charge is 2.18. The van der Waals surface area contributed by atoms with Gasteiger partial charge in [-0.25, -0.2) is 9.37 Å². The van der Waals surface area contributed by atoms with E-state index in [4.69, 9.17) is 12.2 Å². The van der Waals surface area contributed by atoms with Gasteiger partial charge in [-0.1, -0.05) is 18.3 Å². The molecule has 0 aliphatic heterocycles. The zero-order valence-electron chi connectivity index (χ0n) is 11.7. The molecule has 8 heteroatoms. The summed E-state index contributed by atoms with van der Waals surface area (Å²) in [6.07, 6.45) is 6.42. The Kier molecular flexibility index (Phi) is 3.92. The molecule has 22 heavy (non-hydrogen) atoms. The van der Waals surface area contributed by atoms with E-state index in [1.165, 1.54) is 6.07 Å². The molecule has 0 bridgehead atoms. The molecule has 0 saturated carbocycles. The first-order chi connectivity index (χ1) is 10.6. The lowest BCUT2D eigenvalue weighted by atomic mass is 10.0. The smallest absolute Gasteiger partial charge is 0.147 e. The molecule has 0 aliphatic carbocycles. The second-order valence-corrected chi connectivity index (χ2v) is 5.32. The SMILES string of the molecule is CC(=S)NC(c1ccc(-n2ccnc2)c(F)c1)c1cn[nH]n1. The van der Waals surface area contributed by atoms with Gasteiger partial charge in [-0.3, -0.25) is 0 Å². The highest BCUT2D eigenvalue weighted by Crippen LogP contribution is 2.23. The minimum absolute atomic E-state index is 0.354. The largest absolute Gasteiger partial charge is 0.367 e. The maximum Gasteiger partial charge on any atom is 0.147 e. The monoisotopic (exact) mass is 316 g/mol. The Labute approximate surface area is 131 Å². The number of aromatic nitrogens is 5. The molecule has 0 aliphatic rings. The van der Waals surface area contributed by atoms with Gasteiger partial charge in [0.15, 0.2) is 0 Å². The topological polar surface area (TPSA) is 71.4 Å². The summed E-state index contributed by atoms with van der Waals surface area (Å²) in [5.74, 6) is -0.354. The van der Waals surface area contributed by atoms with Crippen molar-refractivity contribution in [2.45, 2.75) is 13.0 Å². The van der Waals surface area contributed by atoms with E-state index in [0.717, 1.165) is 0 Å².